The number of carbonyl (C=O) groups is 2. The van der Waals surface area contributed by atoms with Crippen LogP contribution in [0.3, 0.4) is 0 Å². The molecule has 31 heavy (non-hydrogen) atoms. The lowest BCUT2D eigenvalue weighted by molar-refractivity contribution is -0.145. The largest absolute Gasteiger partial charge is 0.479 e. The summed E-state index contributed by atoms with van der Waals surface area (Å²) in [6.07, 6.45) is -3.64. The average Bonchev–Trinajstić information content (AvgIpc) is 2.99. The van der Waals surface area contributed by atoms with Gasteiger partial charge in [-0.05, 0) is 48.4 Å². The second kappa shape index (κ2) is 9.11. The molecule has 1 fully saturated rings. The molecule has 0 spiro atoms. The van der Waals surface area contributed by atoms with Crippen molar-refractivity contribution in [2.45, 2.75) is 25.6 Å². The van der Waals surface area contributed by atoms with Crippen LogP contribution in [0.1, 0.15) is 24.5 Å². The van der Waals surface area contributed by atoms with Gasteiger partial charge in [-0.3, -0.25) is 9.69 Å². The number of ether oxygens (including phenoxy) is 1. The molecular formula is C21H16F3NO4S2. The van der Waals surface area contributed by atoms with Crippen LogP contribution in [0.15, 0.2) is 53.4 Å². The second-order valence-corrected chi connectivity index (χ2v) is 8.16. The van der Waals surface area contributed by atoms with E-state index in [1.807, 2.05) is 0 Å². The van der Waals surface area contributed by atoms with Gasteiger partial charge in [0.2, 0.25) is 0 Å². The van der Waals surface area contributed by atoms with E-state index in [-0.39, 0.29) is 14.9 Å². The van der Waals surface area contributed by atoms with Gasteiger partial charge >= 0.3 is 12.1 Å². The van der Waals surface area contributed by atoms with Crippen molar-refractivity contribution in [3.05, 3.63) is 64.6 Å². The van der Waals surface area contributed by atoms with Gasteiger partial charge in [-0.1, -0.05) is 49.1 Å². The first-order valence-corrected chi connectivity index (χ1v) is 10.3. The monoisotopic (exact) mass is 467 g/mol. The number of amides is 1. The molecule has 5 nitrogen and oxygen atoms in total. The molecule has 1 amide bonds. The second-order valence-electron chi connectivity index (χ2n) is 6.49. The third-order valence-corrected chi connectivity index (χ3v) is 5.63. The highest BCUT2D eigenvalue weighted by Gasteiger charge is 2.36. The summed E-state index contributed by atoms with van der Waals surface area (Å²) in [7, 11) is 0. The third-order valence-electron chi connectivity index (χ3n) is 4.33. The van der Waals surface area contributed by atoms with Gasteiger partial charge in [0, 0.05) is 0 Å². The first kappa shape index (κ1) is 22.8. The zero-order valence-electron chi connectivity index (χ0n) is 16.1. The van der Waals surface area contributed by atoms with E-state index >= 15 is 0 Å². The number of aliphatic carboxylic acids is 1. The molecule has 2 aromatic rings. The number of hydrogen-bond acceptors (Lipinski definition) is 5. The van der Waals surface area contributed by atoms with Crippen molar-refractivity contribution < 1.29 is 32.6 Å². The molecule has 0 saturated carbocycles. The molecule has 1 unspecified atom stereocenters. The molecule has 3 rings (SSSR count). The number of carbonyl (C=O) groups excluding carboxylic acids is 1. The molecule has 2 aromatic carbocycles. The molecule has 1 aliphatic rings. The molecule has 0 aromatic heterocycles. The van der Waals surface area contributed by atoms with E-state index in [2.05, 4.69) is 0 Å². The minimum atomic E-state index is -4.53. The molecular weight excluding hydrogens is 451 g/mol. The normalized spacial score (nSPS) is 16.6. The van der Waals surface area contributed by atoms with Crippen molar-refractivity contribution >= 4 is 51.9 Å². The van der Waals surface area contributed by atoms with Crippen LogP contribution in [0.4, 0.5) is 18.9 Å². The summed E-state index contributed by atoms with van der Waals surface area (Å²) in [5.74, 6) is -1.22. The first-order chi connectivity index (χ1) is 14.6. The molecule has 1 N–H and O–H groups in total. The van der Waals surface area contributed by atoms with Crippen molar-refractivity contribution in [2.75, 3.05) is 4.90 Å². The van der Waals surface area contributed by atoms with Gasteiger partial charge in [0.1, 0.15) is 5.75 Å². The summed E-state index contributed by atoms with van der Waals surface area (Å²) in [6, 6.07) is 10.8. The summed E-state index contributed by atoms with van der Waals surface area (Å²) in [4.78, 5) is 25.2. The SMILES string of the molecule is CCC(Oc1ccc(/C=C2/SC(=S)N(c3cccc(C(F)(F)F)c3)C2=O)cc1)C(=O)O. The van der Waals surface area contributed by atoms with E-state index in [0.29, 0.717) is 17.7 Å². The van der Waals surface area contributed by atoms with Gasteiger partial charge in [-0.25, -0.2) is 4.79 Å². The lowest BCUT2D eigenvalue weighted by atomic mass is 10.1. The Morgan fingerprint density at radius 1 is 1.26 bits per heavy atom. The van der Waals surface area contributed by atoms with Crippen LogP contribution in [0, 0.1) is 0 Å². The maximum absolute atomic E-state index is 13.0. The highest BCUT2D eigenvalue weighted by molar-refractivity contribution is 8.27. The fourth-order valence-corrected chi connectivity index (χ4v) is 4.08. The minimum Gasteiger partial charge on any atom is -0.479 e. The van der Waals surface area contributed by atoms with E-state index in [9.17, 15) is 22.8 Å². The molecule has 10 heteroatoms. The van der Waals surface area contributed by atoms with Crippen LogP contribution in [0.25, 0.3) is 6.08 Å². The van der Waals surface area contributed by atoms with Crippen molar-refractivity contribution in [3.63, 3.8) is 0 Å². The number of halogens is 3. The lowest BCUT2D eigenvalue weighted by Gasteiger charge is -2.16. The summed E-state index contributed by atoms with van der Waals surface area (Å²) >= 11 is 6.19. The smallest absolute Gasteiger partial charge is 0.416 e. The van der Waals surface area contributed by atoms with Crippen LogP contribution in [0.5, 0.6) is 5.75 Å². The summed E-state index contributed by atoms with van der Waals surface area (Å²) in [5.41, 5.74) is -0.200. The van der Waals surface area contributed by atoms with Crippen molar-refractivity contribution in [3.8, 4) is 5.75 Å². The number of alkyl halides is 3. The standard InChI is InChI=1S/C21H16F3NO4S2/c1-2-16(19(27)28)29-15-8-6-12(7-9-15)10-17-18(26)25(20(30)31-17)14-5-3-4-13(11-14)21(22,23)24/h3-11,16H,2H2,1H3,(H,27,28)/b17-10+. The first-order valence-electron chi connectivity index (χ1n) is 9.05. The highest BCUT2D eigenvalue weighted by atomic mass is 32.2. The molecule has 1 atom stereocenters. The Balaban J connectivity index is 1.80. The maximum Gasteiger partial charge on any atom is 0.416 e. The molecule has 1 aliphatic heterocycles. The van der Waals surface area contributed by atoms with Gasteiger partial charge in [0.25, 0.3) is 5.91 Å². The minimum absolute atomic E-state index is 0.0451. The number of nitrogens with zero attached hydrogens (tertiary/aromatic N) is 1. The summed E-state index contributed by atoms with van der Waals surface area (Å²) in [6.45, 7) is 1.69. The Kier molecular flexibility index (Phi) is 6.71. The quantitative estimate of drug-likeness (QED) is 0.456. The number of rotatable bonds is 6. The number of carboxylic acids is 1. The van der Waals surface area contributed by atoms with E-state index in [1.165, 1.54) is 12.1 Å². The fraction of sp³-hybridized carbons (Fsp3) is 0.190. The van der Waals surface area contributed by atoms with E-state index in [1.54, 1.807) is 37.3 Å². The van der Waals surface area contributed by atoms with Crippen LogP contribution in [0.2, 0.25) is 0 Å². The Labute approximate surface area is 185 Å². The fourth-order valence-electron chi connectivity index (χ4n) is 2.78. The molecule has 0 radical (unpaired) electrons. The van der Waals surface area contributed by atoms with Crippen molar-refractivity contribution in [2.24, 2.45) is 0 Å². The third kappa shape index (κ3) is 5.26. The van der Waals surface area contributed by atoms with E-state index in [0.717, 1.165) is 28.8 Å². The Hall–Kier alpha value is -2.85. The van der Waals surface area contributed by atoms with Gasteiger partial charge in [0.05, 0.1) is 16.2 Å². The Morgan fingerprint density at radius 3 is 2.52 bits per heavy atom. The number of thioether (sulfide) groups is 1. The van der Waals surface area contributed by atoms with Crippen LogP contribution < -0.4 is 9.64 Å². The number of hydrogen-bond donors (Lipinski definition) is 1. The molecule has 0 aliphatic carbocycles. The molecule has 162 valence electrons. The average molecular weight is 467 g/mol. The van der Waals surface area contributed by atoms with Gasteiger partial charge < -0.3 is 9.84 Å². The van der Waals surface area contributed by atoms with E-state index < -0.39 is 29.7 Å². The summed E-state index contributed by atoms with van der Waals surface area (Å²) in [5, 5.41) is 9.06. The summed E-state index contributed by atoms with van der Waals surface area (Å²) < 4.78 is 44.5. The predicted octanol–water partition coefficient (Wildman–Crippen LogP) is 5.35. The van der Waals surface area contributed by atoms with Gasteiger partial charge in [-0.2, -0.15) is 13.2 Å². The Bertz CT molecular complexity index is 1050. The van der Waals surface area contributed by atoms with Gasteiger partial charge in [-0.15, -0.1) is 0 Å². The molecule has 1 saturated heterocycles. The number of thiocarbonyl (C=S) groups is 1. The van der Waals surface area contributed by atoms with Crippen LogP contribution >= 0.6 is 24.0 Å². The lowest BCUT2D eigenvalue weighted by Crippen LogP contribution is -2.27. The van der Waals surface area contributed by atoms with Crippen molar-refractivity contribution in [1.29, 1.82) is 0 Å². The van der Waals surface area contributed by atoms with E-state index in [4.69, 9.17) is 22.1 Å². The zero-order valence-corrected chi connectivity index (χ0v) is 17.7. The zero-order chi connectivity index (χ0) is 22.8. The van der Waals surface area contributed by atoms with Crippen LogP contribution in [-0.2, 0) is 15.8 Å². The van der Waals surface area contributed by atoms with Crippen molar-refractivity contribution in [1.82, 2.24) is 0 Å². The predicted molar refractivity (Wildman–Crippen MR) is 116 cm³/mol. The molecule has 0 bridgehead atoms. The maximum atomic E-state index is 13.0. The topological polar surface area (TPSA) is 66.8 Å². The number of carboxylic acid groups (broad SMARTS) is 1. The Morgan fingerprint density at radius 2 is 1.94 bits per heavy atom. The van der Waals surface area contributed by atoms with Crippen LogP contribution in [-0.4, -0.2) is 27.4 Å². The number of anilines is 1. The number of benzene rings is 2. The molecule has 1 heterocycles. The highest BCUT2D eigenvalue weighted by Crippen LogP contribution is 2.38. The van der Waals surface area contributed by atoms with Gasteiger partial charge in [0.15, 0.2) is 10.4 Å².